The van der Waals surface area contributed by atoms with Gasteiger partial charge in [0.25, 0.3) is 0 Å². The molecule has 2 atom stereocenters. The Morgan fingerprint density at radius 3 is 2.39 bits per heavy atom. The number of hydrogen-bond donors (Lipinski definition) is 2. The maximum absolute atomic E-state index is 12.0. The highest BCUT2D eigenvalue weighted by Gasteiger charge is 2.25. The van der Waals surface area contributed by atoms with Gasteiger partial charge in [0.05, 0.1) is 6.04 Å². The molecule has 1 aliphatic carbocycles. The van der Waals surface area contributed by atoms with Crippen molar-refractivity contribution in [3.05, 3.63) is 0 Å². The van der Waals surface area contributed by atoms with Crippen LogP contribution in [0.4, 0.5) is 0 Å². The second-order valence-corrected chi connectivity index (χ2v) is 5.93. The summed E-state index contributed by atoms with van der Waals surface area (Å²) in [5.74, 6) is 1.19. The van der Waals surface area contributed by atoms with Crippen molar-refractivity contribution in [3.63, 3.8) is 0 Å². The summed E-state index contributed by atoms with van der Waals surface area (Å²) in [6.07, 6.45) is 8.35. The van der Waals surface area contributed by atoms with E-state index in [-0.39, 0.29) is 17.9 Å². The van der Waals surface area contributed by atoms with Gasteiger partial charge in [0.1, 0.15) is 0 Å². The topological polar surface area (TPSA) is 55.1 Å². The van der Waals surface area contributed by atoms with Crippen molar-refractivity contribution in [2.45, 2.75) is 77.8 Å². The predicted octanol–water partition coefficient (Wildman–Crippen LogP) is 2.83. The highest BCUT2D eigenvalue weighted by Crippen LogP contribution is 2.27. The van der Waals surface area contributed by atoms with Crippen LogP contribution in [0.1, 0.15) is 65.7 Å². The summed E-state index contributed by atoms with van der Waals surface area (Å²) in [5, 5.41) is 3.13. The van der Waals surface area contributed by atoms with E-state index in [1.807, 2.05) is 6.92 Å². The Labute approximate surface area is 112 Å². The molecule has 106 valence electrons. The first-order chi connectivity index (χ1) is 8.58. The first-order valence-electron chi connectivity index (χ1n) is 7.64. The molecule has 1 fully saturated rings. The van der Waals surface area contributed by atoms with Crippen molar-refractivity contribution in [2.75, 3.05) is 0 Å². The molecule has 18 heavy (non-hydrogen) atoms. The maximum Gasteiger partial charge on any atom is 0.237 e. The Morgan fingerprint density at radius 2 is 1.89 bits per heavy atom. The number of carbonyl (C=O) groups excluding carboxylic acids is 1. The molecule has 0 aromatic carbocycles. The zero-order valence-corrected chi connectivity index (χ0v) is 12.2. The molecule has 1 rings (SSSR count). The third kappa shape index (κ3) is 4.60. The van der Waals surface area contributed by atoms with Gasteiger partial charge in [0, 0.05) is 6.04 Å². The molecule has 1 aliphatic rings. The summed E-state index contributed by atoms with van der Waals surface area (Å²) < 4.78 is 0. The van der Waals surface area contributed by atoms with Crippen LogP contribution in [0.25, 0.3) is 0 Å². The molecule has 0 aliphatic heterocycles. The molecule has 1 saturated carbocycles. The van der Waals surface area contributed by atoms with Crippen LogP contribution in [0.2, 0.25) is 0 Å². The van der Waals surface area contributed by atoms with E-state index < -0.39 is 0 Å². The third-order valence-electron chi connectivity index (χ3n) is 4.45. The van der Waals surface area contributed by atoms with Crippen LogP contribution in [-0.4, -0.2) is 18.0 Å². The fourth-order valence-corrected chi connectivity index (χ4v) is 2.81. The minimum absolute atomic E-state index is 0.0447. The van der Waals surface area contributed by atoms with Crippen LogP contribution in [0.15, 0.2) is 0 Å². The molecule has 3 nitrogen and oxygen atoms in total. The zero-order chi connectivity index (χ0) is 13.5. The van der Waals surface area contributed by atoms with Gasteiger partial charge in [-0.05, 0) is 37.5 Å². The molecule has 2 unspecified atom stereocenters. The van der Waals surface area contributed by atoms with Crippen molar-refractivity contribution in [1.29, 1.82) is 0 Å². The van der Waals surface area contributed by atoms with Gasteiger partial charge in [0.2, 0.25) is 5.91 Å². The van der Waals surface area contributed by atoms with Gasteiger partial charge >= 0.3 is 0 Å². The number of carbonyl (C=O) groups is 1. The fourth-order valence-electron chi connectivity index (χ4n) is 2.81. The molecule has 0 aromatic heterocycles. The number of rotatable bonds is 6. The maximum atomic E-state index is 12.0. The van der Waals surface area contributed by atoms with Crippen molar-refractivity contribution in [3.8, 4) is 0 Å². The molecule has 0 spiro atoms. The van der Waals surface area contributed by atoms with Gasteiger partial charge in [-0.15, -0.1) is 0 Å². The van der Waals surface area contributed by atoms with E-state index >= 15 is 0 Å². The van der Waals surface area contributed by atoms with Crippen molar-refractivity contribution in [1.82, 2.24) is 5.32 Å². The average molecular weight is 254 g/mol. The second kappa shape index (κ2) is 7.78. The van der Waals surface area contributed by atoms with Crippen LogP contribution in [0, 0.1) is 11.8 Å². The lowest BCUT2D eigenvalue weighted by molar-refractivity contribution is -0.124. The van der Waals surface area contributed by atoms with Gasteiger partial charge in [-0.2, -0.15) is 0 Å². The van der Waals surface area contributed by atoms with E-state index in [9.17, 15) is 4.79 Å². The molecule has 1 amide bonds. The molecule has 3 heteroatoms. The molecular formula is C15H30N2O. The van der Waals surface area contributed by atoms with Crippen molar-refractivity contribution >= 4 is 5.91 Å². The Hall–Kier alpha value is -0.570. The van der Waals surface area contributed by atoms with Crippen LogP contribution in [-0.2, 0) is 4.79 Å². The first-order valence-corrected chi connectivity index (χ1v) is 7.64. The summed E-state index contributed by atoms with van der Waals surface area (Å²) in [6.45, 7) is 6.37. The number of hydrogen-bond acceptors (Lipinski definition) is 2. The van der Waals surface area contributed by atoms with E-state index in [1.165, 1.54) is 25.7 Å². The van der Waals surface area contributed by atoms with Gasteiger partial charge < -0.3 is 11.1 Å². The minimum atomic E-state index is -0.344. The summed E-state index contributed by atoms with van der Waals surface area (Å²) in [7, 11) is 0. The highest BCUT2D eigenvalue weighted by atomic mass is 16.2. The number of amides is 1. The average Bonchev–Trinajstić information content (AvgIpc) is 2.39. The lowest BCUT2D eigenvalue weighted by atomic mass is 9.83. The summed E-state index contributed by atoms with van der Waals surface area (Å²) in [5.41, 5.74) is 5.95. The monoisotopic (exact) mass is 254 g/mol. The van der Waals surface area contributed by atoms with E-state index in [1.54, 1.807) is 0 Å². The lowest BCUT2D eigenvalue weighted by Gasteiger charge is -2.30. The van der Waals surface area contributed by atoms with E-state index in [0.29, 0.717) is 6.04 Å². The van der Waals surface area contributed by atoms with Crippen LogP contribution < -0.4 is 11.1 Å². The lowest BCUT2D eigenvalue weighted by Crippen LogP contribution is -2.49. The molecule has 3 N–H and O–H groups in total. The fraction of sp³-hybridized carbons (Fsp3) is 0.933. The minimum Gasteiger partial charge on any atom is -0.352 e. The van der Waals surface area contributed by atoms with Gasteiger partial charge in [-0.25, -0.2) is 0 Å². The second-order valence-electron chi connectivity index (χ2n) is 5.93. The Morgan fingerprint density at radius 1 is 1.28 bits per heavy atom. The summed E-state index contributed by atoms with van der Waals surface area (Å²) in [6, 6.07) is 0.0177. The molecule has 0 heterocycles. The smallest absolute Gasteiger partial charge is 0.237 e. The Kier molecular flexibility index (Phi) is 6.69. The highest BCUT2D eigenvalue weighted by molar-refractivity contribution is 5.82. The zero-order valence-electron chi connectivity index (χ0n) is 12.2. The van der Waals surface area contributed by atoms with Crippen LogP contribution in [0.3, 0.4) is 0 Å². The van der Waals surface area contributed by atoms with Gasteiger partial charge in [0.15, 0.2) is 0 Å². The standard InChI is InChI=1S/C15H30N2O/c1-4-6-12-7-9-13(10-8-12)17-15(18)14(16)11(3)5-2/h11-14H,4-10,16H2,1-3H3,(H,17,18). The van der Waals surface area contributed by atoms with E-state index in [4.69, 9.17) is 5.73 Å². The largest absolute Gasteiger partial charge is 0.352 e. The first kappa shape index (κ1) is 15.5. The quantitative estimate of drug-likeness (QED) is 0.766. The van der Waals surface area contributed by atoms with Crippen LogP contribution >= 0.6 is 0 Å². The SMILES string of the molecule is CCCC1CCC(NC(=O)C(N)C(C)CC)CC1. The summed E-state index contributed by atoms with van der Waals surface area (Å²) >= 11 is 0. The normalized spacial score (nSPS) is 27.6. The number of nitrogens with two attached hydrogens (primary N) is 1. The van der Waals surface area contributed by atoms with Crippen molar-refractivity contribution < 1.29 is 4.79 Å². The molecular weight excluding hydrogens is 224 g/mol. The Balaban J connectivity index is 2.30. The molecule has 0 radical (unpaired) electrons. The van der Waals surface area contributed by atoms with Crippen LogP contribution in [0.5, 0.6) is 0 Å². The molecule has 0 aromatic rings. The van der Waals surface area contributed by atoms with Gasteiger partial charge in [-0.1, -0.05) is 40.0 Å². The summed E-state index contributed by atoms with van der Waals surface area (Å²) in [4.78, 5) is 12.0. The third-order valence-corrected chi connectivity index (χ3v) is 4.45. The predicted molar refractivity (Wildman–Crippen MR) is 76.2 cm³/mol. The Bertz CT molecular complexity index is 247. The van der Waals surface area contributed by atoms with E-state index in [0.717, 1.165) is 25.2 Å². The van der Waals surface area contributed by atoms with E-state index in [2.05, 4.69) is 19.2 Å². The van der Waals surface area contributed by atoms with Gasteiger partial charge in [-0.3, -0.25) is 4.79 Å². The number of nitrogens with one attached hydrogen (secondary N) is 1. The van der Waals surface area contributed by atoms with Crippen molar-refractivity contribution in [2.24, 2.45) is 17.6 Å². The molecule has 0 saturated heterocycles. The molecule has 0 bridgehead atoms.